The number of aromatic nitrogens is 7. The van der Waals surface area contributed by atoms with Crippen LogP contribution in [0.3, 0.4) is 0 Å². The molecule has 0 radical (unpaired) electrons. The maximum atomic E-state index is 15.7. The molecule has 4 heterocycles. The molecule has 3 aromatic carbocycles. The monoisotopic (exact) mass is 717 g/mol. The van der Waals surface area contributed by atoms with Crippen LogP contribution in [-0.4, -0.2) is 71.6 Å². The Morgan fingerprint density at radius 3 is 1.94 bits per heavy atom. The lowest BCUT2D eigenvalue weighted by atomic mass is 10.1. The van der Waals surface area contributed by atoms with Crippen LogP contribution < -0.4 is 10.3 Å². The van der Waals surface area contributed by atoms with Crippen LogP contribution in [0.25, 0.3) is 22.3 Å². The molecule has 0 N–H and O–H groups in total. The van der Waals surface area contributed by atoms with E-state index in [1.165, 1.54) is 29.2 Å². The van der Waals surface area contributed by atoms with E-state index >= 15 is 4.39 Å². The van der Waals surface area contributed by atoms with Crippen LogP contribution in [0.5, 0.6) is 0 Å². The van der Waals surface area contributed by atoms with Gasteiger partial charge in [-0.15, -0.1) is 10.2 Å². The standard InChI is InChI=1S/C35H28F5N9O3/c36-20-1-5-30(27(38)11-20)48-16-22(41-43-48)15-45-7-9-46(10-8-45)33-14-32-25(13-29(33)40)34(50)26(18-47(32)24-3-4-24)35(51)52-19-23-17-49(44-42-23)31-6-2-21(37)12-28(31)39/h1-2,5-6,11-14,16-18,24H,3-4,7-10,15,19H2. The molecule has 3 aromatic heterocycles. The van der Waals surface area contributed by atoms with Crippen LogP contribution in [0.1, 0.15) is 40.6 Å². The zero-order valence-electron chi connectivity index (χ0n) is 27.2. The molecule has 1 aliphatic heterocycles. The number of anilines is 1. The molecule has 2 fully saturated rings. The van der Waals surface area contributed by atoms with E-state index in [-0.39, 0.29) is 40.7 Å². The number of rotatable bonds is 9. The smallest absolute Gasteiger partial charge is 0.344 e. The van der Waals surface area contributed by atoms with Crippen molar-refractivity contribution >= 4 is 22.6 Å². The molecule has 0 amide bonds. The Balaban J connectivity index is 0.961. The number of hydrogen-bond acceptors (Lipinski definition) is 9. The molecule has 0 atom stereocenters. The topological polar surface area (TPSA) is 116 Å². The summed E-state index contributed by atoms with van der Waals surface area (Å²) in [6, 6.07) is 8.99. The Labute approximate surface area is 291 Å². The Bertz CT molecular complexity index is 2400. The van der Waals surface area contributed by atoms with Crippen LogP contribution in [0.15, 0.2) is 71.9 Å². The van der Waals surface area contributed by atoms with E-state index in [0.29, 0.717) is 55.7 Å². The van der Waals surface area contributed by atoms with E-state index in [1.54, 1.807) is 12.3 Å². The number of carbonyl (C=O) groups is 1. The summed E-state index contributed by atoms with van der Waals surface area (Å²) in [6.45, 7) is 2.10. The number of benzene rings is 3. The minimum atomic E-state index is -0.938. The zero-order chi connectivity index (χ0) is 36.1. The summed E-state index contributed by atoms with van der Waals surface area (Å²) in [5.41, 5.74) is 0.640. The summed E-state index contributed by atoms with van der Waals surface area (Å²) >= 11 is 0. The first-order valence-electron chi connectivity index (χ1n) is 16.4. The molecule has 1 saturated carbocycles. The summed E-state index contributed by atoms with van der Waals surface area (Å²) in [5, 5.41) is 15.8. The lowest BCUT2D eigenvalue weighted by Crippen LogP contribution is -2.46. The first-order valence-corrected chi connectivity index (χ1v) is 16.4. The SMILES string of the molecule is O=C(OCc1cn(-c2ccc(F)cc2F)nn1)c1cn(C2CC2)c2cc(N3CCN(Cc4cn(-c5ccc(F)cc5F)nn4)CC3)c(F)cc2c1=O. The quantitative estimate of drug-likeness (QED) is 0.153. The van der Waals surface area contributed by atoms with Crippen molar-refractivity contribution < 1.29 is 31.5 Å². The number of pyridine rings is 1. The van der Waals surface area contributed by atoms with E-state index in [0.717, 1.165) is 41.8 Å². The second-order valence-corrected chi connectivity index (χ2v) is 12.7. The van der Waals surface area contributed by atoms with Gasteiger partial charge in [-0.3, -0.25) is 9.69 Å². The third-order valence-electron chi connectivity index (χ3n) is 9.11. The van der Waals surface area contributed by atoms with Crippen LogP contribution in [0, 0.1) is 29.1 Å². The third-order valence-corrected chi connectivity index (χ3v) is 9.11. The number of carbonyl (C=O) groups excluding carboxylic acids is 1. The number of hydrogen-bond donors (Lipinski definition) is 0. The number of fused-ring (bicyclic) bond motifs is 1. The van der Waals surface area contributed by atoms with Gasteiger partial charge < -0.3 is 14.2 Å². The number of esters is 1. The van der Waals surface area contributed by atoms with Crippen molar-refractivity contribution in [1.29, 1.82) is 0 Å². The fourth-order valence-electron chi connectivity index (χ4n) is 6.30. The normalized spacial score (nSPS) is 15.1. The first-order chi connectivity index (χ1) is 25.1. The second-order valence-electron chi connectivity index (χ2n) is 12.7. The van der Waals surface area contributed by atoms with Gasteiger partial charge in [-0.05, 0) is 49.2 Å². The maximum Gasteiger partial charge on any atom is 0.344 e. The van der Waals surface area contributed by atoms with Gasteiger partial charge in [-0.25, -0.2) is 36.1 Å². The van der Waals surface area contributed by atoms with Gasteiger partial charge in [0.2, 0.25) is 5.43 Å². The highest BCUT2D eigenvalue weighted by atomic mass is 19.1. The predicted molar refractivity (Wildman–Crippen MR) is 176 cm³/mol. The van der Waals surface area contributed by atoms with E-state index in [2.05, 4.69) is 25.5 Å². The minimum Gasteiger partial charge on any atom is -0.455 e. The van der Waals surface area contributed by atoms with Crippen molar-refractivity contribution in [2.45, 2.75) is 32.0 Å². The van der Waals surface area contributed by atoms with Gasteiger partial charge in [-0.2, -0.15) is 0 Å². The van der Waals surface area contributed by atoms with Gasteiger partial charge in [0.25, 0.3) is 0 Å². The molecular formula is C35H28F5N9O3. The highest BCUT2D eigenvalue weighted by Gasteiger charge is 2.29. The van der Waals surface area contributed by atoms with Crippen LogP contribution in [0.2, 0.25) is 0 Å². The van der Waals surface area contributed by atoms with Crippen LogP contribution in [0.4, 0.5) is 27.6 Å². The molecule has 266 valence electrons. The zero-order valence-corrected chi connectivity index (χ0v) is 27.2. The van der Waals surface area contributed by atoms with Gasteiger partial charge in [0.05, 0.1) is 29.3 Å². The maximum absolute atomic E-state index is 15.7. The van der Waals surface area contributed by atoms with Gasteiger partial charge in [-0.1, -0.05) is 10.4 Å². The largest absolute Gasteiger partial charge is 0.455 e. The second kappa shape index (κ2) is 13.3. The molecule has 1 saturated heterocycles. The first kappa shape index (κ1) is 33.2. The summed E-state index contributed by atoms with van der Waals surface area (Å²) in [7, 11) is 0. The summed E-state index contributed by atoms with van der Waals surface area (Å²) < 4.78 is 80.2. The molecule has 0 bridgehead atoms. The molecule has 52 heavy (non-hydrogen) atoms. The molecule has 0 unspecified atom stereocenters. The number of halogens is 5. The lowest BCUT2D eigenvalue weighted by Gasteiger charge is -2.36. The van der Waals surface area contributed by atoms with Crippen molar-refractivity contribution in [2.24, 2.45) is 0 Å². The van der Waals surface area contributed by atoms with E-state index in [4.69, 9.17) is 4.74 Å². The number of nitrogens with zero attached hydrogens (tertiary/aromatic N) is 9. The van der Waals surface area contributed by atoms with Crippen molar-refractivity contribution in [2.75, 3.05) is 31.1 Å². The summed E-state index contributed by atoms with van der Waals surface area (Å²) in [4.78, 5) is 30.7. The highest BCUT2D eigenvalue weighted by molar-refractivity contribution is 5.94. The minimum absolute atomic E-state index is 0.0205. The van der Waals surface area contributed by atoms with E-state index in [9.17, 15) is 27.2 Å². The van der Waals surface area contributed by atoms with Crippen molar-refractivity contribution in [1.82, 2.24) is 39.5 Å². The lowest BCUT2D eigenvalue weighted by molar-refractivity contribution is 0.0465. The Morgan fingerprint density at radius 1 is 0.731 bits per heavy atom. The average molecular weight is 718 g/mol. The van der Waals surface area contributed by atoms with E-state index < -0.39 is 40.5 Å². The van der Waals surface area contributed by atoms with Gasteiger partial charge in [0, 0.05) is 62.5 Å². The predicted octanol–water partition coefficient (Wildman–Crippen LogP) is 4.87. The molecule has 12 nitrogen and oxygen atoms in total. The molecule has 0 spiro atoms. The fourth-order valence-corrected chi connectivity index (χ4v) is 6.30. The Hall–Kier alpha value is -5.97. The fraction of sp³-hybridized carbons (Fsp3) is 0.257. The van der Waals surface area contributed by atoms with Crippen LogP contribution in [-0.2, 0) is 17.9 Å². The summed E-state index contributed by atoms with van der Waals surface area (Å²) in [6.07, 6.45) is 5.97. The highest BCUT2D eigenvalue weighted by Crippen LogP contribution is 2.38. The Morgan fingerprint density at radius 2 is 1.33 bits per heavy atom. The molecule has 8 rings (SSSR count). The third kappa shape index (κ3) is 6.50. The van der Waals surface area contributed by atoms with Gasteiger partial charge in [0.15, 0.2) is 11.6 Å². The average Bonchev–Trinajstić information content (AvgIpc) is 3.68. The number of ether oxygens (including phenoxy) is 1. The molecule has 6 aromatic rings. The molecule has 17 heteroatoms. The molecule has 1 aliphatic carbocycles. The van der Waals surface area contributed by atoms with Crippen molar-refractivity contribution in [3.05, 3.63) is 123 Å². The van der Waals surface area contributed by atoms with Gasteiger partial charge in [0.1, 0.15) is 46.7 Å². The molecule has 2 aliphatic rings. The van der Waals surface area contributed by atoms with Gasteiger partial charge >= 0.3 is 5.97 Å². The summed E-state index contributed by atoms with van der Waals surface area (Å²) in [5.74, 6) is -4.60. The van der Waals surface area contributed by atoms with E-state index in [1.807, 2.05) is 9.47 Å². The molecular weight excluding hydrogens is 689 g/mol. The Kier molecular flexibility index (Phi) is 8.49. The van der Waals surface area contributed by atoms with Crippen LogP contribution >= 0.6 is 0 Å². The number of piperazine rings is 1. The van der Waals surface area contributed by atoms with Crippen molar-refractivity contribution in [3.63, 3.8) is 0 Å². The van der Waals surface area contributed by atoms with Crippen molar-refractivity contribution in [3.8, 4) is 11.4 Å².